The van der Waals surface area contributed by atoms with Gasteiger partial charge in [-0.2, -0.15) is 0 Å². The highest BCUT2D eigenvalue weighted by Crippen LogP contribution is 2.53. The van der Waals surface area contributed by atoms with Gasteiger partial charge in [-0.3, -0.25) is 0 Å². The Hall–Kier alpha value is 1.35. The van der Waals surface area contributed by atoms with Crippen molar-refractivity contribution in [3.05, 3.63) is 0 Å². The van der Waals surface area contributed by atoms with E-state index < -0.39 is 3.79 Å². The van der Waals surface area contributed by atoms with Crippen LogP contribution in [0.4, 0.5) is 0 Å². The fourth-order valence-electron chi connectivity index (χ4n) is 3.31. The zero-order valence-corrected chi connectivity index (χ0v) is 12.4. The van der Waals surface area contributed by atoms with Gasteiger partial charge in [0, 0.05) is 10.7 Å². The Balaban J connectivity index is 2.14. The molecule has 2 fully saturated rings. The quantitative estimate of drug-likeness (QED) is 0.525. The second-order valence-electron chi connectivity index (χ2n) is 4.85. The zero-order chi connectivity index (χ0) is 11.1. The van der Waals surface area contributed by atoms with Gasteiger partial charge in [0.1, 0.15) is 0 Å². The van der Waals surface area contributed by atoms with E-state index in [1.165, 1.54) is 25.7 Å². The molecule has 0 spiro atoms. The molecular formula is C11H16BrCl3. The second-order valence-corrected chi connectivity index (χ2v) is 8.40. The van der Waals surface area contributed by atoms with Gasteiger partial charge in [-0.05, 0) is 37.5 Å². The van der Waals surface area contributed by atoms with Crippen molar-refractivity contribution in [2.45, 2.75) is 47.1 Å². The molecule has 88 valence electrons. The standard InChI is InChI=1S/C11H16BrCl3/c12-10-6-5-9(11(13,14)15)7-3-1-2-4-8(7)10/h7-10H,1-6H2/t7-,8+,9+,10-/m0/s1. The summed E-state index contributed by atoms with van der Waals surface area (Å²) in [5.41, 5.74) is 0. The summed E-state index contributed by atoms with van der Waals surface area (Å²) in [5, 5.41) is 0. The Labute approximate surface area is 115 Å². The van der Waals surface area contributed by atoms with Crippen molar-refractivity contribution in [2.24, 2.45) is 17.8 Å². The van der Waals surface area contributed by atoms with Crippen molar-refractivity contribution in [3.8, 4) is 0 Å². The first-order valence-electron chi connectivity index (χ1n) is 5.71. The van der Waals surface area contributed by atoms with Crippen molar-refractivity contribution in [2.75, 3.05) is 0 Å². The summed E-state index contributed by atoms with van der Waals surface area (Å²) in [6.07, 6.45) is 7.39. The predicted molar refractivity (Wildman–Crippen MR) is 71.2 cm³/mol. The molecule has 0 aromatic carbocycles. The van der Waals surface area contributed by atoms with Crippen molar-refractivity contribution in [3.63, 3.8) is 0 Å². The third-order valence-corrected chi connectivity index (χ3v) is 6.01. The highest BCUT2D eigenvalue weighted by atomic mass is 79.9. The van der Waals surface area contributed by atoms with Crippen LogP contribution >= 0.6 is 50.7 Å². The lowest BCUT2D eigenvalue weighted by Gasteiger charge is -2.46. The Kier molecular flexibility index (Phi) is 4.20. The number of alkyl halides is 4. The van der Waals surface area contributed by atoms with Crippen molar-refractivity contribution in [1.82, 2.24) is 0 Å². The molecule has 0 radical (unpaired) electrons. The molecule has 0 saturated heterocycles. The minimum atomic E-state index is -1.06. The lowest BCUT2D eigenvalue weighted by Crippen LogP contribution is -2.42. The number of fused-ring (bicyclic) bond motifs is 1. The molecule has 0 aromatic heterocycles. The summed E-state index contributed by atoms with van der Waals surface area (Å²) in [6, 6.07) is 0. The smallest absolute Gasteiger partial charge is 0.0888 e. The number of hydrogen-bond acceptors (Lipinski definition) is 0. The largest absolute Gasteiger partial charge is 0.193 e. The molecule has 15 heavy (non-hydrogen) atoms. The van der Waals surface area contributed by atoms with Gasteiger partial charge >= 0.3 is 0 Å². The van der Waals surface area contributed by atoms with Crippen LogP contribution in [0.25, 0.3) is 0 Å². The maximum atomic E-state index is 6.10. The van der Waals surface area contributed by atoms with Crippen molar-refractivity contribution >= 4 is 50.7 Å². The summed E-state index contributed by atoms with van der Waals surface area (Å²) in [7, 11) is 0. The van der Waals surface area contributed by atoms with Crippen LogP contribution in [-0.4, -0.2) is 8.62 Å². The average Bonchev–Trinajstić information content (AvgIpc) is 2.17. The highest BCUT2D eigenvalue weighted by molar-refractivity contribution is 9.09. The summed E-state index contributed by atoms with van der Waals surface area (Å²) in [5.74, 6) is 1.61. The first-order valence-corrected chi connectivity index (χ1v) is 7.76. The number of hydrogen-bond donors (Lipinski definition) is 0. The zero-order valence-electron chi connectivity index (χ0n) is 8.56. The van der Waals surface area contributed by atoms with E-state index in [4.69, 9.17) is 34.8 Å². The van der Waals surface area contributed by atoms with Gasteiger partial charge in [-0.1, -0.05) is 63.6 Å². The molecule has 0 aliphatic heterocycles. The Bertz CT molecular complexity index is 226. The van der Waals surface area contributed by atoms with E-state index in [2.05, 4.69) is 15.9 Å². The Morgan fingerprint density at radius 3 is 2.07 bits per heavy atom. The van der Waals surface area contributed by atoms with E-state index in [-0.39, 0.29) is 5.92 Å². The van der Waals surface area contributed by atoms with Crippen LogP contribution in [0.5, 0.6) is 0 Å². The molecule has 0 aromatic rings. The first-order chi connectivity index (χ1) is 7.00. The fourth-order valence-corrected chi connectivity index (χ4v) is 5.04. The molecule has 0 heterocycles. The third kappa shape index (κ3) is 2.78. The minimum absolute atomic E-state index is 0.265. The van der Waals surface area contributed by atoms with Crippen LogP contribution < -0.4 is 0 Å². The number of rotatable bonds is 0. The van der Waals surface area contributed by atoms with E-state index in [0.29, 0.717) is 10.7 Å². The van der Waals surface area contributed by atoms with E-state index >= 15 is 0 Å². The Morgan fingerprint density at radius 1 is 0.867 bits per heavy atom. The fraction of sp³-hybridized carbons (Fsp3) is 1.00. The monoisotopic (exact) mass is 332 g/mol. The average molecular weight is 335 g/mol. The summed E-state index contributed by atoms with van der Waals surface area (Å²) >= 11 is 22.1. The van der Waals surface area contributed by atoms with E-state index in [1.54, 1.807) is 0 Å². The first kappa shape index (κ1) is 12.8. The molecular weight excluding hydrogens is 318 g/mol. The van der Waals surface area contributed by atoms with Crippen LogP contribution in [0, 0.1) is 17.8 Å². The maximum Gasteiger partial charge on any atom is 0.193 e. The predicted octanol–water partition coefficient (Wildman–Crippen LogP) is 5.34. The van der Waals surface area contributed by atoms with Crippen LogP contribution in [0.15, 0.2) is 0 Å². The van der Waals surface area contributed by atoms with Crippen LogP contribution in [0.3, 0.4) is 0 Å². The summed E-state index contributed by atoms with van der Waals surface area (Å²) in [6.45, 7) is 0. The normalized spacial score (nSPS) is 42.4. The van der Waals surface area contributed by atoms with Gasteiger partial charge in [0.05, 0.1) is 0 Å². The number of halogens is 4. The van der Waals surface area contributed by atoms with Gasteiger partial charge in [-0.25, -0.2) is 0 Å². The minimum Gasteiger partial charge on any atom is -0.0888 e. The molecule has 0 nitrogen and oxygen atoms in total. The van der Waals surface area contributed by atoms with Gasteiger partial charge in [0.15, 0.2) is 3.79 Å². The van der Waals surface area contributed by atoms with Crippen LogP contribution in [0.1, 0.15) is 38.5 Å². The third-order valence-electron chi connectivity index (χ3n) is 4.03. The van der Waals surface area contributed by atoms with E-state index in [1.807, 2.05) is 0 Å². The summed E-state index contributed by atoms with van der Waals surface area (Å²) in [4.78, 5) is 0.645. The topological polar surface area (TPSA) is 0 Å². The molecule has 2 aliphatic rings. The molecule has 4 atom stereocenters. The molecule has 4 heteroatoms. The lowest BCUT2D eigenvalue weighted by molar-refractivity contribution is 0.114. The summed E-state index contributed by atoms with van der Waals surface area (Å²) < 4.78 is -1.06. The molecule has 2 saturated carbocycles. The maximum absolute atomic E-state index is 6.10. The molecule has 0 N–H and O–H groups in total. The van der Waals surface area contributed by atoms with Gasteiger partial charge in [0.25, 0.3) is 0 Å². The molecule has 0 amide bonds. The van der Waals surface area contributed by atoms with Gasteiger partial charge in [0.2, 0.25) is 0 Å². The Morgan fingerprint density at radius 2 is 1.47 bits per heavy atom. The second kappa shape index (κ2) is 4.92. The van der Waals surface area contributed by atoms with Gasteiger partial charge < -0.3 is 0 Å². The van der Waals surface area contributed by atoms with Crippen LogP contribution in [0.2, 0.25) is 0 Å². The van der Waals surface area contributed by atoms with Crippen molar-refractivity contribution < 1.29 is 0 Å². The SMILES string of the molecule is ClC(Cl)(Cl)[C@@H]1CC[C@H](Br)[C@@H]2CCCC[C@@H]21. The van der Waals surface area contributed by atoms with Gasteiger partial charge in [-0.15, -0.1) is 0 Å². The molecule has 2 rings (SSSR count). The molecule has 0 bridgehead atoms. The lowest BCUT2D eigenvalue weighted by atomic mass is 9.66. The molecule has 2 aliphatic carbocycles. The van der Waals surface area contributed by atoms with Crippen molar-refractivity contribution in [1.29, 1.82) is 0 Å². The molecule has 0 unspecified atom stereocenters. The highest BCUT2D eigenvalue weighted by Gasteiger charge is 2.47. The van der Waals surface area contributed by atoms with E-state index in [9.17, 15) is 0 Å². The van der Waals surface area contributed by atoms with E-state index in [0.717, 1.165) is 18.8 Å². The van der Waals surface area contributed by atoms with Crippen LogP contribution in [-0.2, 0) is 0 Å².